The second kappa shape index (κ2) is 6.98. The Kier molecular flexibility index (Phi) is 4.55. The highest BCUT2D eigenvalue weighted by Gasteiger charge is 2.29. The quantitative estimate of drug-likeness (QED) is 0.923. The molecule has 1 fully saturated rings. The maximum atomic E-state index is 12.0. The topological polar surface area (TPSA) is 67.5 Å². The number of nitrogens with zero attached hydrogens (tertiary/aromatic N) is 2. The Morgan fingerprint density at radius 2 is 2.36 bits per heavy atom. The van der Waals surface area contributed by atoms with Crippen LogP contribution in [-0.4, -0.2) is 35.1 Å². The van der Waals surface area contributed by atoms with Crippen LogP contribution >= 0.6 is 0 Å². The second-order valence-electron chi connectivity index (χ2n) is 6.65. The van der Waals surface area contributed by atoms with Crippen LogP contribution in [0.2, 0.25) is 0 Å². The Hall–Kier alpha value is -2.18. The number of methoxy groups -OCH3 is 1. The van der Waals surface area contributed by atoms with E-state index in [-0.39, 0.29) is 17.4 Å². The molecule has 0 aliphatic carbocycles. The van der Waals surface area contributed by atoms with E-state index in [0.29, 0.717) is 6.61 Å². The molecular weight excluding hydrogens is 318 g/mol. The summed E-state index contributed by atoms with van der Waals surface area (Å²) in [6.45, 7) is 3.39. The van der Waals surface area contributed by atoms with Gasteiger partial charge in [0.1, 0.15) is 5.82 Å². The molecule has 1 saturated heterocycles. The average Bonchev–Trinajstić information content (AvgIpc) is 3.10. The molecule has 3 heterocycles. The monoisotopic (exact) mass is 341 g/mol. The molecule has 0 spiro atoms. The Morgan fingerprint density at radius 3 is 3.20 bits per heavy atom. The molecule has 0 saturated carbocycles. The van der Waals surface area contributed by atoms with Gasteiger partial charge in [0.25, 0.3) is 5.56 Å². The Balaban J connectivity index is 1.58. The summed E-state index contributed by atoms with van der Waals surface area (Å²) in [6.07, 6.45) is 4.61. The highest BCUT2D eigenvalue weighted by molar-refractivity contribution is 5.36. The summed E-state index contributed by atoms with van der Waals surface area (Å²) in [4.78, 5) is 21.8. The zero-order valence-electron chi connectivity index (χ0n) is 14.5. The summed E-state index contributed by atoms with van der Waals surface area (Å²) >= 11 is 0. The van der Waals surface area contributed by atoms with E-state index in [1.54, 1.807) is 0 Å². The molecule has 132 valence electrons. The first-order valence-corrected chi connectivity index (χ1v) is 8.81. The first-order valence-electron chi connectivity index (χ1n) is 8.81. The molecule has 0 radical (unpaired) electrons. The lowest BCUT2D eigenvalue weighted by Gasteiger charge is -2.27. The van der Waals surface area contributed by atoms with Crippen molar-refractivity contribution in [1.82, 2.24) is 14.9 Å². The summed E-state index contributed by atoms with van der Waals surface area (Å²) in [6, 6.07) is 6.63. The van der Waals surface area contributed by atoms with E-state index in [0.717, 1.165) is 44.8 Å². The number of benzene rings is 1. The van der Waals surface area contributed by atoms with Gasteiger partial charge in [-0.25, -0.2) is 4.98 Å². The van der Waals surface area contributed by atoms with Crippen molar-refractivity contribution in [2.45, 2.75) is 38.5 Å². The van der Waals surface area contributed by atoms with Gasteiger partial charge >= 0.3 is 0 Å². The maximum absolute atomic E-state index is 12.0. The Labute approximate surface area is 146 Å². The van der Waals surface area contributed by atoms with Gasteiger partial charge in [-0.15, -0.1) is 0 Å². The van der Waals surface area contributed by atoms with Crippen molar-refractivity contribution in [2.24, 2.45) is 0 Å². The van der Waals surface area contributed by atoms with Crippen molar-refractivity contribution in [1.29, 1.82) is 0 Å². The number of likely N-dealkylation sites (tertiary alicyclic amines) is 1. The van der Waals surface area contributed by atoms with Crippen molar-refractivity contribution in [3.63, 3.8) is 0 Å². The van der Waals surface area contributed by atoms with Crippen LogP contribution in [0.1, 0.15) is 41.4 Å². The van der Waals surface area contributed by atoms with Crippen molar-refractivity contribution in [3.8, 4) is 5.75 Å². The van der Waals surface area contributed by atoms with Crippen LogP contribution in [0.3, 0.4) is 0 Å². The number of ether oxygens (including phenoxy) is 2. The smallest absolute Gasteiger partial charge is 0.293 e. The lowest BCUT2D eigenvalue weighted by molar-refractivity contribution is 0.110. The molecule has 1 N–H and O–H groups in total. The Morgan fingerprint density at radius 1 is 1.44 bits per heavy atom. The lowest BCUT2D eigenvalue weighted by atomic mass is 9.96. The molecule has 0 amide bonds. The third kappa shape index (κ3) is 3.19. The van der Waals surface area contributed by atoms with E-state index in [1.165, 1.54) is 30.0 Å². The molecule has 1 aromatic heterocycles. The normalized spacial score (nSPS) is 20.4. The number of fused-ring (bicyclic) bond motifs is 1. The Bertz CT molecular complexity index is 818. The van der Waals surface area contributed by atoms with Gasteiger partial charge in [-0.1, -0.05) is 18.2 Å². The number of aromatic amines is 1. The number of hydrogen-bond acceptors (Lipinski definition) is 5. The second-order valence-corrected chi connectivity index (χ2v) is 6.65. The molecule has 6 nitrogen and oxygen atoms in total. The minimum absolute atomic E-state index is 0.148. The third-order valence-corrected chi connectivity index (χ3v) is 5.18. The molecular formula is C19H23N3O3. The molecule has 25 heavy (non-hydrogen) atoms. The van der Waals surface area contributed by atoms with Crippen LogP contribution in [0.4, 0.5) is 0 Å². The minimum atomic E-state index is -0.214. The van der Waals surface area contributed by atoms with Gasteiger partial charge in [0.2, 0.25) is 5.75 Å². The van der Waals surface area contributed by atoms with Crippen LogP contribution < -0.4 is 10.3 Å². The van der Waals surface area contributed by atoms with Crippen molar-refractivity contribution >= 4 is 0 Å². The highest BCUT2D eigenvalue weighted by atomic mass is 16.5. The van der Waals surface area contributed by atoms with Crippen LogP contribution in [0, 0.1) is 0 Å². The molecule has 1 aromatic carbocycles. The highest BCUT2D eigenvalue weighted by Crippen LogP contribution is 2.32. The number of H-pyrrole nitrogens is 1. The predicted octanol–water partition coefficient (Wildman–Crippen LogP) is 2.19. The standard InChI is InChI=1S/C19H23N3O3/c1-24-17-10-20-18(21-19(17)23)16-6-3-8-22(16)11-13-4-2-5-14-12-25-9-7-15(13)14/h2,4-5,10,16H,3,6-9,11-12H2,1H3,(H,20,21,23). The zero-order valence-corrected chi connectivity index (χ0v) is 14.5. The fourth-order valence-corrected chi connectivity index (χ4v) is 3.90. The van der Waals surface area contributed by atoms with Gasteiger partial charge in [-0.3, -0.25) is 9.69 Å². The number of rotatable bonds is 4. The van der Waals surface area contributed by atoms with E-state index in [4.69, 9.17) is 9.47 Å². The van der Waals surface area contributed by atoms with E-state index >= 15 is 0 Å². The molecule has 1 atom stereocenters. The van der Waals surface area contributed by atoms with Gasteiger partial charge in [0.05, 0.1) is 32.6 Å². The van der Waals surface area contributed by atoms with E-state index in [1.807, 2.05) is 0 Å². The first-order chi connectivity index (χ1) is 12.3. The fourth-order valence-electron chi connectivity index (χ4n) is 3.90. The molecule has 0 bridgehead atoms. The number of hydrogen-bond donors (Lipinski definition) is 1. The van der Waals surface area contributed by atoms with Crippen molar-refractivity contribution in [3.05, 3.63) is 57.3 Å². The summed E-state index contributed by atoms with van der Waals surface area (Å²) in [5.74, 6) is 0.988. The van der Waals surface area contributed by atoms with Gasteiger partial charge in [0, 0.05) is 6.54 Å². The molecule has 4 rings (SSSR count). The van der Waals surface area contributed by atoms with E-state index < -0.39 is 0 Å². The van der Waals surface area contributed by atoms with Crippen molar-refractivity contribution in [2.75, 3.05) is 20.3 Å². The molecule has 2 aliphatic heterocycles. The maximum Gasteiger partial charge on any atom is 0.293 e. The van der Waals surface area contributed by atoms with E-state index in [9.17, 15) is 4.79 Å². The largest absolute Gasteiger partial charge is 0.490 e. The molecule has 2 aromatic rings. The zero-order chi connectivity index (χ0) is 17.2. The van der Waals surface area contributed by atoms with Crippen LogP contribution in [0.15, 0.2) is 29.2 Å². The van der Waals surface area contributed by atoms with Gasteiger partial charge in [0.15, 0.2) is 0 Å². The SMILES string of the molecule is COc1cnc(C2CCCN2Cc2cccc3c2CCOC3)[nH]c1=O. The number of aromatic nitrogens is 2. The summed E-state index contributed by atoms with van der Waals surface area (Å²) in [7, 11) is 1.48. The minimum Gasteiger partial charge on any atom is -0.490 e. The molecule has 1 unspecified atom stereocenters. The van der Waals surface area contributed by atoms with Crippen LogP contribution in [0.25, 0.3) is 0 Å². The predicted molar refractivity (Wildman–Crippen MR) is 93.6 cm³/mol. The van der Waals surface area contributed by atoms with E-state index in [2.05, 4.69) is 33.1 Å². The molecule has 6 heteroatoms. The van der Waals surface area contributed by atoms with Crippen LogP contribution in [0.5, 0.6) is 5.75 Å². The van der Waals surface area contributed by atoms with Crippen molar-refractivity contribution < 1.29 is 9.47 Å². The van der Waals surface area contributed by atoms with Gasteiger partial charge in [-0.2, -0.15) is 0 Å². The number of nitrogens with one attached hydrogen (secondary N) is 1. The first kappa shape index (κ1) is 16.3. The van der Waals surface area contributed by atoms with Gasteiger partial charge in [-0.05, 0) is 42.5 Å². The summed E-state index contributed by atoms with van der Waals surface area (Å²) in [5, 5.41) is 0. The third-order valence-electron chi connectivity index (χ3n) is 5.18. The summed E-state index contributed by atoms with van der Waals surface area (Å²) < 4.78 is 10.6. The lowest BCUT2D eigenvalue weighted by Crippen LogP contribution is -2.27. The fraction of sp³-hybridized carbons (Fsp3) is 0.474. The summed E-state index contributed by atoms with van der Waals surface area (Å²) in [5.41, 5.74) is 3.88. The average molecular weight is 341 g/mol. The van der Waals surface area contributed by atoms with Gasteiger partial charge < -0.3 is 14.5 Å². The molecule has 2 aliphatic rings. The van der Waals surface area contributed by atoms with Crippen LogP contribution in [-0.2, 0) is 24.3 Å².